The molecule has 2 bridgehead atoms. The van der Waals surface area contributed by atoms with Gasteiger partial charge in [0.1, 0.15) is 12.4 Å². The van der Waals surface area contributed by atoms with Crippen LogP contribution in [0, 0.1) is 36.0 Å². The molecule has 42 heavy (non-hydrogen) atoms. The van der Waals surface area contributed by atoms with Crippen LogP contribution in [-0.4, -0.2) is 59.3 Å². The van der Waals surface area contributed by atoms with Crippen molar-refractivity contribution in [3.63, 3.8) is 0 Å². The molecule has 3 fully saturated rings. The van der Waals surface area contributed by atoms with E-state index in [1.54, 1.807) is 11.3 Å². The molecule has 1 aromatic heterocycles. The molecular formula is C33H38N4O4S. The maximum atomic E-state index is 11.8. The first-order chi connectivity index (χ1) is 20.2. The van der Waals surface area contributed by atoms with Crippen molar-refractivity contribution in [2.75, 3.05) is 37.7 Å². The Kier molecular flexibility index (Phi) is 7.97. The van der Waals surface area contributed by atoms with Gasteiger partial charge < -0.3 is 19.5 Å². The van der Waals surface area contributed by atoms with Gasteiger partial charge in [-0.2, -0.15) is 5.26 Å². The van der Waals surface area contributed by atoms with Crippen LogP contribution in [0.4, 0.5) is 5.13 Å². The van der Waals surface area contributed by atoms with Crippen LogP contribution in [0.15, 0.2) is 41.8 Å². The van der Waals surface area contributed by atoms with E-state index in [1.807, 2.05) is 24.3 Å². The zero-order valence-electron chi connectivity index (χ0n) is 24.5. The third kappa shape index (κ3) is 6.03. The van der Waals surface area contributed by atoms with Crippen LogP contribution < -0.4 is 9.64 Å². The Hall–Kier alpha value is -3.45. The molecule has 1 unspecified atom stereocenters. The molecule has 2 aliphatic heterocycles. The fourth-order valence-electron chi connectivity index (χ4n) is 6.90. The Morgan fingerprint density at radius 1 is 1.21 bits per heavy atom. The van der Waals surface area contributed by atoms with Crippen LogP contribution in [0.2, 0.25) is 0 Å². The molecule has 3 aromatic rings. The number of fused-ring (bicyclic) bond motifs is 2. The fourth-order valence-corrected chi connectivity index (χ4v) is 7.75. The topological polar surface area (TPSA) is 98.9 Å². The summed E-state index contributed by atoms with van der Waals surface area (Å²) in [6.07, 6.45) is 1.95. The van der Waals surface area contributed by atoms with Gasteiger partial charge in [-0.1, -0.05) is 23.8 Å². The minimum Gasteiger partial charge on any atom is -0.488 e. The first-order valence-corrected chi connectivity index (χ1v) is 15.6. The standard InChI is InChI=1S/C33H38N4O4S/c1-21-4-9-29(40-18-25-6-5-22(13-26(25)14-34)15-36-10-11-41-33(2,3)20-36)27(12-21)28-19-42-32(35-28)37-16-23-7-8-24(17-37)30(23)31(38)39/h4-6,9,12-13,19,23-24,30H,7-8,10-11,15-18,20H2,1-3H3,(H,38,39)/t23-,24+,30?. The van der Waals surface area contributed by atoms with Gasteiger partial charge in [0.05, 0.1) is 35.5 Å². The van der Waals surface area contributed by atoms with Gasteiger partial charge in [0.2, 0.25) is 0 Å². The zero-order chi connectivity index (χ0) is 29.4. The smallest absolute Gasteiger partial charge is 0.307 e. The maximum Gasteiger partial charge on any atom is 0.307 e. The number of nitriles is 1. The minimum absolute atomic E-state index is 0.162. The summed E-state index contributed by atoms with van der Waals surface area (Å²) in [6.45, 7) is 11.3. The molecule has 8 nitrogen and oxygen atoms in total. The molecule has 6 rings (SSSR count). The average Bonchev–Trinajstić information content (AvgIpc) is 3.55. The number of anilines is 1. The molecule has 2 aromatic carbocycles. The van der Waals surface area contributed by atoms with Crippen molar-refractivity contribution in [3.05, 3.63) is 64.0 Å². The third-order valence-electron chi connectivity index (χ3n) is 8.88. The molecule has 3 heterocycles. The summed E-state index contributed by atoms with van der Waals surface area (Å²) >= 11 is 1.60. The number of aryl methyl sites for hydroxylation is 1. The average molecular weight is 587 g/mol. The van der Waals surface area contributed by atoms with Crippen molar-refractivity contribution in [2.45, 2.75) is 52.4 Å². The monoisotopic (exact) mass is 586 g/mol. The molecule has 3 aliphatic rings. The highest BCUT2D eigenvalue weighted by molar-refractivity contribution is 7.14. The maximum absolute atomic E-state index is 11.8. The highest BCUT2D eigenvalue weighted by Crippen LogP contribution is 2.44. The van der Waals surface area contributed by atoms with E-state index in [4.69, 9.17) is 14.5 Å². The molecule has 220 valence electrons. The number of piperidine rings is 1. The molecule has 1 saturated carbocycles. The lowest BCUT2D eigenvalue weighted by Crippen LogP contribution is -2.47. The van der Waals surface area contributed by atoms with E-state index in [0.717, 1.165) is 84.4 Å². The van der Waals surface area contributed by atoms with Crippen LogP contribution in [0.5, 0.6) is 5.75 Å². The lowest BCUT2D eigenvalue weighted by atomic mass is 9.85. The van der Waals surface area contributed by atoms with Crippen LogP contribution in [0.1, 0.15) is 48.9 Å². The number of hydrogen-bond acceptors (Lipinski definition) is 8. The molecule has 1 aliphatic carbocycles. The van der Waals surface area contributed by atoms with Gasteiger partial charge in [-0.05, 0) is 69.2 Å². The number of ether oxygens (including phenoxy) is 2. The summed E-state index contributed by atoms with van der Waals surface area (Å²) in [6, 6.07) is 14.5. The fraction of sp³-hybridized carbons (Fsp3) is 0.485. The van der Waals surface area contributed by atoms with Gasteiger partial charge in [-0.25, -0.2) is 4.98 Å². The van der Waals surface area contributed by atoms with E-state index < -0.39 is 5.97 Å². The number of morpholine rings is 1. The largest absolute Gasteiger partial charge is 0.488 e. The predicted octanol–water partition coefficient (Wildman–Crippen LogP) is 5.73. The second-order valence-corrected chi connectivity index (χ2v) is 13.4. The molecular weight excluding hydrogens is 548 g/mol. The van der Waals surface area contributed by atoms with Gasteiger partial charge in [-0.3, -0.25) is 9.69 Å². The van der Waals surface area contributed by atoms with Crippen LogP contribution in [-0.2, 0) is 22.7 Å². The van der Waals surface area contributed by atoms with Crippen molar-refractivity contribution < 1.29 is 19.4 Å². The number of thiazole rings is 1. The Labute approximate surface area is 251 Å². The first-order valence-electron chi connectivity index (χ1n) is 14.7. The van der Waals surface area contributed by atoms with E-state index in [-0.39, 0.29) is 30.0 Å². The Balaban J connectivity index is 1.16. The number of aromatic nitrogens is 1. The molecule has 0 spiro atoms. The van der Waals surface area contributed by atoms with Crippen LogP contribution in [0.25, 0.3) is 11.3 Å². The minimum atomic E-state index is -0.654. The van der Waals surface area contributed by atoms with E-state index in [1.165, 1.54) is 0 Å². The third-order valence-corrected chi connectivity index (χ3v) is 9.78. The molecule has 0 amide bonds. The highest BCUT2D eigenvalue weighted by atomic mass is 32.1. The Morgan fingerprint density at radius 3 is 2.71 bits per heavy atom. The number of benzene rings is 2. The number of rotatable bonds is 8. The normalized spacial score (nSPS) is 23.5. The Bertz CT molecular complexity index is 1500. The van der Waals surface area contributed by atoms with Gasteiger partial charge in [-0.15, -0.1) is 11.3 Å². The molecule has 0 radical (unpaired) electrons. The molecule has 2 saturated heterocycles. The molecule has 9 heteroatoms. The van der Waals surface area contributed by atoms with Crippen molar-refractivity contribution in [2.24, 2.45) is 17.8 Å². The summed E-state index contributed by atoms with van der Waals surface area (Å²) in [5.74, 6) is 0.224. The van der Waals surface area contributed by atoms with Gasteiger partial charge in [0.25, 0.3) is 0 Å². The number of hydrogen-bond donors (Lipinski definition) is 1. The molecule has 1 N–H and O–H groups in total. The summed E-state index contributed by atoms with van der Waals surface area (Å²) in [4.78, 5) is 21.4. The van der Waals surface area contributed by atoms with E-state index in [9.17, 15) is 15.2 Å². The number of carboxylic acids is 1. The summed E-state index contributed by atoms with van der Waals surface area (Å²) in [5.41, 5.74) is 5.32. The second-order valence-electron chi connectivity index (χ2n) is 12.6. The number of carbonyl (C=O) groups is 1. The quantitative estimate of drug-likeness (QED) is 0.358. The highest BCUT2D eigenvalue weighted by Gasteiger charge is 2.46. The zero-order valence-corrected chi connectivity index (χ0v) is 25.3. The van der Waals surface area contributed by atoms with Crippen LogP contribution in [0.3, 0.4) is 0 Å². The summed E-state index contributed by atoms with van der Waals surface area (Å²) < 4.78 is 12.2. The Morgan fingerprint density at radius 2 is 2.00 bits per heavy atom. The van der Waals surface area contributed by atoms with E-state index in [0.29, 0.717) is 12.2 Å². The SMILES string of the molecule is Cc1ccc(OCc2ccc(CN3CCOC(C)(C)C3)cc2C#N)c(-c2csc(N3C[C@H]4CC[C@@H](C3)C4C(=O)O)n2)c1. The van der Waals surface area contributed by atoms with Crippen LogP contribution >= 0.6 is 11.3 Å². The lowest BCUT2D eigenvalue weighted by molar-refractivity contribution is -0.144. The first kappa shape index (κ1) is 28.7. The molecule has 3 atom stereocenters. The van der Waals surface area contributed by atoms with Crippen molar-refractivity contribution in [1.29, 1.82) is 5.26 Å². The van der Waals surface area contributed by atoms with Crippen molar-refractivity contribution in [1.82, 2.24) is 9.88 Å². The lowest BCUT2D eigenvalue weighted by Gasteiger charge is -2.38. The van der Waals surface area contributed by atoms with Crippen molar-refractivity contribution >= 4 is 22.4 Å². The van der Waals surface area contributed by atoms with E-state index >= 15 is 0 Å². The number of aliphatic carboxylic acids is 1. The predicted molar refractivity (Wildman–Crippen MR) is 163 cm³/mol. The number of carboxylic acid groups (broad SMARTS) is 1. The van der Waals surface area contributed by atoms with Crippen molar-refractivity contribution in [3.8, 4) is 23.1 Å². The number of nitrogens with zero attached hydrogens (tertiary/aromatic N) is 4. The van der Waals surface area contributed by atoms with Gasteiger partial charge in [0, 0.05) is 49.2 Å². The second kappa shape index (κ2) is 11.7. The van der Waals surface area contributed by atoms with Gasteiger partial charge in [0.15, 0.2) is 5.13 Å². The van der Waals surface area contributed by atoms with Gasteiger partial charge >= 0.3 is 5.97 Å². The summed E-state index contributed by atoms with van der Waals surface area (Å²) in [7, 11) is 0. The summed E-state index contributed by atoms with van der Waals surface area (Å²) in [5, 5.41) is 22.6. The van der Waals surface area contributed by atoms with E-state index in [2.05, 4.69) is 54.2 Å².